The van der Waals surface area contributed by atoms with Gasteiger partial charge < -0.3 is 19.9 Å². The predicted octanol–water partition coefficient (Wildman–Crippen LogP) is 1.19. The average Bonchev–Trinajstić information content (AvgIpc) is 3.15. The summed E-state index contributed by atoms with van der Waals surface area (Å²) >= 11 is 0. The summed E-state index contributed by atoms with van der Waals surface area (Å²) < 4.78 is 5.78. The number of carbonyl (C=O) groups is 2. The van der Waals surface area contributed by atoms with Crippen molar-refractivity contribution in [1.82, 2.24) is 15.1 Å². The maximum Gasteiger partial charge on any atom is 0.263 e. The molecule has 1 aromatic carbocycles. The SMILES string of the molecule is Cc1cccc(OC(C)C(=O)N2CCN(C(=O)C3CCCN3)CC2)c1. The Labute approximate surface area is 149 Å². The van der Waals surface area contributed by atoms with Crippen molar-refractivity contribution in [1.29, 1.82) is 0 Å². The van der Waals surface area contributed by atoms with E-state index in [-0.39, 0.29) is 17.9 Å². The third-order valence-electron chi connectivity index (χ3n) is 4.91. The molecule has 25 heavy (non-hydrogen) atoms. The number of amides is 2. The Morgan fingerprint density at radius 3 is 2.56 bits per heavy atom. The number of nitrogens with zero attached hydrogens (tertiary/aromatic N) is 2. The second kappa shape index (κ2) is 7.87. The van der Waals surface area contributed by atoms with Crippen LogP contribution in [-0.2, 0) is 9.59 Å². The lowest BCUT2D eigenvalue weighted by atomic mass is 10.2. The molecule has 0 radical (unpaired) electrons. The molecule has 2 amide bonds. The van der Waals surface area contributed by atoms with Crippen LogP contribution >= 0.6 is 0 Å². The van der Waals surface area contributed by atoms with Crippen molar-refractivity contribution in [3.8, 4) is 5.75 Å². The van der Waals surface area contributed by atoms with Gasteiger partial charge in [0.1, 0.15) is 5.75 Å². The first-order valence-electron chi connectivity index (χ1n) is 9.09. The first-order chi connectivity index (χ1) is 12.0. The van der Waals surface area contributed by atoms with Gasteiger partial charge in [-0.1, -0.05) is 12.1 Å². The molecule has 2 unspecified atom stereocenters. The van der Waals surface area contributed by atoms with E-state index in [0.29, 0.717) is 31.9 Å². The topological polar surface area (TPSA) is 61.9 Å². The van der Waals surface area contributed by atoms with Gasteiger partial charge in [0.15, 0.2) is 6.10 Å². The van der Waals surface area contributed by atoms with Gasteiger partial charge in [0.05, 0.1) is 6.04 Å². The highest BCUT2D eigenvalue weighted by Crippen LogP contribution is 2.16. The van der Waals surface area contributed by atoms with Crippen LogP contribution in [0, 0.1) is 6.92 Å². The molecule has 6 heteroatoms. The largest absolute Gasteiger partial charge is 0.481 e. The van der Waals surface area contributed by atoms with Crippen molar-refractivity contribution in [3.63, 3.8) is 0 Å². The standard InChI is InChI=1S/C19H27N3O3/c1-14-5-3-6-16(13-14)25-15(2)18(23)21-9-11-22(12-10-21)19(24)17-7-4-8-20-17/h3,5-6,13,15,17,20H,4,7-12H2,1-2H3. The highest BCUT2D eigenvalue weighted by Gasteiger charge is 2.31. The van der Waals surface area contributed by atoms with E-state index >= 15 is 0 Å². The van der Waals surface area contributed by atoms with Crippen molar-refractivity contribution < 1.29 is 14.3 Å². The lowest BCUT2D eigenvalue weighted by molar-refractivity contribution is -0.144. The quantitative estimate of drug-likeness (QED) is 0.890. The number of hydrogen-bond acceptors (Lipinski definition) is 4. The molecule has 1 aromatic rings. The van der Waals surface area contributed by atoms with Crippen LogP contribution in [0.15, 0.2) is 24.3 Å². The molecule has 1 N–H and O–H groups in total. The van der Waals surface area contributed by atoms with Crippen LogP contribution in [0.25, 0.3) is 0 Å². The molecule has 0 saturated carbocycles. The summed E-state index contributed by atoms with van der Waals surface area (Å²) in [4.78, 5) is 28.7. The second-order valence-electron chi connectivity index (χ2n) is 6.88. The molecular weight excluding hydrogens is 318 g/mol. The lowest BCUT2D eigenvalue weighted by Gasteiger charge is -2.36. The number of benzene rings is 1. The van der Waals surface area contributed by atoms with Gasteiger partial charge in [0.2, 0.25) is 5.91 Å². The molecule has 2 fully saturated rings. The van der Waals surface area contributed by atoms with E-state index in [0.717, 1.165) is 24.9 Å². The van der Waals surface area contributed by atoms with Gasteiger partial charge in [0, 0.05) is 26.2 Å². The Bertz CT molecular complexity index is 620. The minimum absolute atomic E-state index is 0.0207. The highest BCUT2D eigenvalue weighted by molar-refractivity contribution is 5.83. The minimum Gasteiger partial charge on any atom is -0.481 e. The Balaban J connectivity index is 1.49. The van der Waals surface area contributed by atoms with Crippen LogP contribution in [0.5, 0.6) is 5.75 Å². The fourth-order valence-electron chi connectivity index (χ4n) is 3.46. The molecule has 6 nitrogen and oxygen atoms in total. The number of aryl methyl sites for hydroxylation is 1. The maximum atomic E-state index is 12.6. The van der Waals surface area contributed by atoms with Crippen LogP contribution in [-0.4, -0.2) is 66.5 Å². The fraction of sp³-hybridized carbons (Fsp3) is 0.579. The highest BCUT2D eigenvalue weighted by atomic mass is 16.5. The van der Waals surface area contributed by atoms with Crippen molar-refractivity contribution >= 4 is 11.8 Å². The van der Waals surface area contributed by atoms with E-state index in [1.54, 1.807) is 11.8 Å². The van der Waals surface area contributed by atoms with Gasteiger partial charge in [-0.3, -0.25) is 9.59 Å². The molecule has 0 spiro atoms. The smallest absolute Gasteiger partial charge is 0.263 e. The van der Waals surface area contributed by atoms with E-state index < -0.39 is 6.10 Å². The van der Waals surface area contributed by atoms with Crippen LogP contribution in [0.1, 0.15) is 25.3 Å². The summed E-state index contributed by atoms with van der Waals surface area (Å²) in [6.07, 6.45) is 1.45. The zero-order valence-corrected chi connectivity index (χ0v) is 15.0. The fourth-order valence-corrected chi connectivity index (χ4v) is 3.46. The number of carbonyl (C=O) groups excluding carboxylic acids is 2. The van der Waals surface area contributed by atoms with Gasteiger partial charge in [-0.25, -0.2) is 0 Å². The van der Waals surface area contributed by atoms with E-state index in [2.05, 4.69) is 5.32 Å². The van der Waals surface area contributed by atoms with Crippen molar-refractivity contribution in [2.24, 2.45) is 0 Å². The van der Waals surface area contributed by atoms with Crippen LogP contribution in [0.4, 0.5) is 0 Å². The maximum absolute atomic E-state index is 12.6. The van der Waals surface area contributed by atoms with Crippen LogP contribution < -0.4 is 10.1 Å². The van der Waals surface area contributed by atoms with Gasteiger partial charge in [-0.05, 0) is 50.9 Å². The average molecular weight is 345 g/mol. The predicted molar refractivity (Wildman–Crippen MR) is 95.5 cm³/mol. The molecule has 3 rings (SSSR count). The first kappa shape index (κ1) is 17.7. The zero-order chi connectivity index (χ0) is 17.8. The molecule has 2 aliphatic rings. The van der Waals surface area contributed by atoms with E-state index in [4.69, 9.17) is 4.74 Å². The third-order valence-corrected chi connectivity index (χ3v) is 4.91. The molecule has 2 aliphatic heterocycles. The summed E-state index contributed by atoms with van der Waals surface area (Å²) in [5.41, 5.74) is 1.10. The number of ether oxygens (including phenoxy) is 1. The molecule has 136 valence electrons. The Morgan fingerprint density at radius 1 is 1.20 bits per heavy atom. The number of piperazine rings is 1. The third kappa shape index (κ3) is 4.31. The number of rotatable bonds is 4. The number of nitrogens with one attached hydrogen (secondary N) is 1. The molecule has 0 aliphatic carbocycles. The molecule has 2 saturated heterocycles. The summed E-state index contributed by atoms with van der Waals surface area (Å²) in [6, 6.07) is 7.67. The normalized spacial score (nSPS) is 21.9. The summed E-state index contributed by atoms with van der Waals surface area (Å²) in [5, 5.41) is 3.25. The Kier molecular flexibility index (Phi) is 5.58. The van der Waals surface area contributed by atoms with Gasteiger partial charge in [-0.2, -0.15) is 0 Å². The minimum atomic E-state index is -0.527. The van der Waals surface area contributed by atoms with Gasteiger partial charge in [0.25, 0.3) is 5.91 Å². The van der Waals surface area contributed by atoms with E-state index in [1.807, 2.05) is 36.1 Å². The monoisotopic (exact) mass is 345 g/mol. The van der Waals surface area contributed by atoms with Gasteiger partial charge in [-0.15, -0.1) is 0 Å². The van der Waals surface area contributed by atoms with Crippen LogP contribution in [0.2, 0.25) is 0 Å². The molecule has 0 bridgehead atoms. The Hall–Kier alpha value is -2.08. The summed E-state index contributed by atoms with van der Waals surface area (Å²) in [7, 11) is 0. The van der Waals surface area contributed by atoms with Crippen molar-refractivity contribution in [3.05, 3.63) is 29.8 Å². The van der Waals surface area contributed by atoms with Gasteiger partial charge >= 0.3 is 0 Å². The zero-order valence-electron chi connectivity index (χ0n) is 15.0. The molecular formula is C19H27N3O3. The van der Waals surface area contributed by atoms with Crippen molar-refractivity contribution in [2.45, 2.75) is 38.8 Å². The summed E-state index contributed by atoms with van der Waals surface area (Å²) in [6.45, 7) is 7.03. The van der Waals surface area contributed by atoms with Crippen LogP contribution in [0.3, 0.4) is 0 Å². The molecule has 2 atom stereocenters. The van der Waals surface area contributed by atoms with Crippen molar-refractivity contribution in [2.75, 3.05) is 32.7 Å². The first-order valence-corrected chi connectivity index (χ1v) is 9.09. The van der Waals surface area contributed by atoms with E-state index in [9.17, 15) is 9.59 Å². The molecule has 2 heterocycles. The lowest BCUT2D eigenvalue weighted by Crippen LogP contribution is -2.55. The summed E-state index contributed by atoms with van der Waals surface area (Å²) in [5.74, 6) is 0.864. The number of hydrogen-bond donors (Lipinski definition) is 1. The second-order valence-corrected chi connectivity index (χ2v) is 6.88. The Morgan fingerprint density at radius 2 is 1.92 bits per heavy atom. The van der Waals surface area contributed by atoms with E-state index in [1.165, 1.54) is 0 Å². The molecule has 0 aromatic heterocycles.